The number of hydrogen-bond acceptors (Lipinski definition) is 4. The van der Waals surface area contributed by atoms with Crippen LogP contribution in [0, 0.1) is 0 Å². The highest BCUT2D eigenvalue weighted by Crippen LogP contribution is 2.17. The van der Waals surface area contributed by atoms with Crippen molar-refractivity contribution in [3.63, 3.8) is 0 Å². The van der Waals surface area contributed by atoms with Gasteiger partial charge in [-0.05, 0) is 104 Å². The number of unbranched alkanes of at least 4 members (excludes halogenated alkanes) is 3. The zero-order valence-electron chi connectivity index (χ0n) is 17.4. The summed E-state index contributed by atoms with van der Waals surface area (Å²) in [5.74, 6) is 1.67. The molecule has 0 aromatic heterocycles. The van der Waals surface area contributed by atoms with E-state index in [1.807, 2.05) is 66.9 Å². The van der Waals surface area contributed by atoms with E-state index < -0.39 is 0 Å². The Bertz CT molecular complexity index is 951. The van der Waals surface area contributed by atoms with Gasteiger partial charge in [0, 0.05) is 16.8 Å². The van der Waals surface area contributed by atoms with Crippen LogP contribution in [0.15, 0.2) is 77.8 Å². The van der Waals surface area contributed by atoms with Gasteiger partial charge in [-0.25, -0.2) is 0 Å². The quantitative estimate of drug-likeness (QED) is 0.176. The molecule has 0 amide bonds. The molecule has 0 bridgehead atoms. The topological polar surface area (TPSA) is 47.9 Å². The van der Waals surface area contributed by atoms with E-state index in [4.69, 9.17) is 21.1 Å². The molecule has 0 atom stereocenters. The Morgan fingerprint density at radius 1 is 0.677 bits per heavy atom. The molecular weight excluding hydrogens is 410 g/mol. The zero-order valence-corrected chi connectivity index (χ0v) is 18.1. The molecule has 0 N–H and O–H groups in total. The van der Waals surface area contributed by atoms with E-state index in [9.17, 15) is 4.79 Å². The second-order valence-electron chi connectivity index (χ2n) is 7.10. The molecule has 3 aromatic carbocycles. The minimum atomic E-state index is 0.660. The largest absolute Gasteiger partial charge is 0.494 e. The molecule has 0 aliphatic heterocycles. The summed E-state index contributed by atoms with van der Waals surface area (Å²) < 4.78 is 11.5. The van der Waals surface area contributed by atoms with Gasteiger partial charge in [0.2, 0.25) is 0 Å². The minimum Gasteiger partial charge on any atom is -0.494 e. The Balaban J connectivity index is 1.26. The highest BCUT2D eigenvalue weighted by Gasteiger charge is 1.98. The summed E-state index contributed by atoms with van der Waals surface area (Å²) in [6.07, 6.45) is 6.85. The van der Waals surface area contributed by atoms with E-state index in [0.29, 0.717) is 23.8 Å². The third-order valence-electron chi connectivity index (χ3n) is 4.66. The number of benzene rings is 3. The lowest BCUT2D eigenvalue weighted by Crippen LogP contribution is -2.00. The van der Waals surface area contributed by atoms with Crippen molar-refractivity contribution < 1.29 is 14.3 Å². The van der Waals surface area contributed by atoms with Gasteiger partial charge in [0.1, 0.15) is 17.8 Å². The van der Waals surface area contributed by atoms with Gasteiger partial charge < -0.3 is 9.47 Å². The lowest BCUT2D eigenvalue weighted by Gasteiger charge is -2.07. The predicted molar refractivity (Wildman–Crippen MR) is 126 cm³/mol. The van der Waals surface area contributed by atoms with Crippen LogP contribution in [0.4, 0.5) is 5.69 Å². The smallest absolute Gasteiger partial charge is 0.150 e. The second kappa shape index (κ2) is 12.6. The average Bonchev–Trinajstić information content (AvgIpc) is 2.81. The summed E-state index contributed by atoms with van der Waals surface area (Å²) in [5.41, 5.74) is 2.54. The van der Waals surface area contributed by atoms with Crippen LogP contribution in [0.25, 0.3) is 0 Å². The van der Waals surface area contributed by atoms with Gasteiger partial charge in [-0.1, -0.05) is 11.6 Å². The zero-order chi connectivity index (χ0) is 21.7. The number of carbonyl (C=O) groups is 1. The Labute approximate surface area is 188 Å². The van der Waals surface area contributed by atoms with Gasteiger partial charge in [0.05, 0.1) is 18.9 Å². The molecule has 5 heteroatoms. The van der Waals surface area contributed by atoms with E-state index in [1.165, 1.54) is 0 Å². The first-order valence-corrected chi connectivity index (χ1v) is 10.8. The number of carbonyl (C=O) groups excluding carboxylic acids is 1. The number of halogens is 1. The van der Waals surface area contributed by atoms with Gasteiger partial charge in [-0.3, -0.25) is 9.79 Å². The van der Waals surface area contributed by atoms with E-state index >= 15 is 0 Å². The Hall–Kier alpha value is -3.11. The van der Waals surface area contributed by atoms with Gasteiger partial charge in [-0.2, -0.15) is 0 Å². The van der Waals surface area contributed by atoms with Crippen LogP contribution in [0.3, 0.4) is 0 Å². The molecule has 3 aromatic rings. The van der Waals surface area contributed by atoms with Crippen molar-refractivity contribution in [3.8, 4) is 11.5 Å². The molecule has 0 fully saturated rings. The number of aliphatic imine (C=N–C) groups is 1. The van der Waals surface area contributed by atoms with Crippen LogP contribution in [0.5, 0.6) is 11.5 Å². The van der Waals surface area contributed by atoms with Gasteiger partial charge in [0.15, 0.2) is 0 Å². The van der Waals surface area contributed by atoms with Crippen molar-refractivity contribution in [3.05, 3.63) is 88.9 Å². The second-order valence-corrected chi connectivity index (χ2v) is 7.54. The van der Waals surface area contributed by atoms with Crippen molar-refractivity contribution in [1.82, 2.24) is 0 Å². The normalized spacial score (nSPS) is 10.9. The molecule has 0 aliphatic carbocycles. The van der Waals surface area contributed by atoms with Crippen LogP contribution in [0.2, 0.25) is 5.02 Å². The highest BCUT2D eigenvalue weighted by atomic mass is 35.5. The summed E-state index contributed by atoms with van der Waals surface area (Å²) in [5, 5.41) is 0.705. The summed E-state index contributed by atoms with van der Waals surface area (Å²) >= 11 is 5.88. The Morgan fingerprint density at radius 3 is 1.71 bits per heavy atom. The first kappa shape index (κ1) is 22.6. The lowest BCUT2D eigenvalue weighted by molar-refractivity contribution is 0.112. The fourth-order valence-electron chi connectivity index (χ4n) is 2.91. The summed E-state index contributed by atoms with van der Waals surface area (Å²) in [6, 6.07) is 22.5. The van der Waals surface area contributed by atoms with Crippen LogP contribution >= 0.6 is 11.6 Å². The maximum atomic E-state index is 10.6. The van der Waals surface area contributed by atoms with E-state index in [1.54, 1.807) is 12.1 Å². The first-order chi connectivity index (χ1) is 15.2. The van der Waals surface area contributed by atoms with Crippen molar-refractivity contribution in [2.45, 2.75) is 25.7 Å². The standard InChI is InChI=1S/C26H26ClNO3/c27-23-9-11-24(12-10-23)28-19-21-5-13-25(14-6-21)30-17-3-1-2-4-18-31-26-15-7-22(20-29)8-16-26/h5-16,19-20H,1-4,17-18H2. The molecular formula is C26H26ClNO3. The maximum absolute atomic E-state index is 10.6. The number of hydrogen-bond donors (Lipinski definition) is 0. The van der Waals surface area contributed by atoms with Crippen LogP contribution in [-0.4, -0.2) is 25.7 Å². The SMILES string of the molecule is O=Cc1ccc(OCCCCCCOc2ccc(C=Nc3ccc(Cl)cc3)cc2)cc1. The van der Waals surface area contributed by atoms with Crippen LogP contribution < -0.4 is 9.47 Å². The first-order valence-electron chi connectivity index (χ1n) is 10.4. The molecule has 3 rings (SSSR count). The molecule has 31 heavy (non-hydrogen) atoms. The van der Waals surface area contributed by atoms with E-state index in [2.05, 4.69) is 4.99 Å². The molecule has 0 aliphatic rings. The molecule has 0 heterocycles. The molecule has 0 saturated carbocycles. The van der Waals surface area contributed by atoms with E-state index in [0.717, 1.165) is 54.7 Å². The third kappa shape index (κ3) is 8.27. The van der Waals surface area contributed by atoms with Crippen LogP contribution in [-0.2, 0) is 0 Å². The third-order valence-corrected chi connectivity index (χ3v) is 4.91. The Kier molecular flexibility index (Phi) is 9.14. The van der Waals surface area contributed by atoms with Gasteiger partial charge in [0.25, 0.3) is 0 Å². The summed E-state index contributed by atoms with van der Waals surface area (Å²) in [7, 11) is 0. The fourth-order valence-corrected chi connectivity index (χ4v) is 3.03. The molecule has 0 radical (unpaired) electrons. The maximum Gasteiger partial charge on any atom is 0.150 e. The van der Waals surface area contributed by atoms with Crippen molar-refractivity contribution in [2.24, 2.45) is 4.99 Å². The summed E-state index contributed by atoms with van der Waals surface area (Å²) in [4.78, 5) is 15.1. The number of aldehydes is 1. The Morgan fingerprint density at radius 2 is 1.19 bits per heavy atom. The number of nitrogens with zero attached hydrogens (tertiary/aromatic N) is 1. The highest BCUT2D eigenvalue weighted by molar-refractivity contribution is 6.30. The molecule has 0 saturated heterocycles. The molecule has 4 nitrogen and oxygen atoms in total. The molecule has 0 unspecified atom stereocenters. The lowest BCUT2D eigenvalue weighted by atomic mass is 10.2. The fraction of sp³-hybridized carbons (Fsp3) is 0.231. The van der Waals surface area contributed by atoms with Crippen molar-refractivity contribution in [2.75, 3.05) is 13.2 Å². The molecule has 0 spiro atoms. The predicted octanol–water partition coefficient (Wildman–Crippen LogP) is 6.92. The average molecular weight is 436 g/mol. The minimum absolute atomic E-state index is 0.660. The summed E-state index contributed by atoms with van der Waals surface area (Å²) in [6.45, 7) is 1.38. The van der Waals surface area contributed by atoms with Gasteiger partial charge >= 0.3 is 0 Å². The van der Waals surface area contributed by atoms with Crippen molar-refractivity contribution >= 4 is 29.8 Å². The van der Waals surface area contributed by atoms with Crippen molar-refractivity contribution in [1.29, 1.82) is 0 Å². The molecule has 160 valence electrons. The monoisotopic (exact) mass is 435 g/mol. The van der Waals surface area contributed by atoms with Gasteiger partial charge in [-0.15, -0.1) is 0 Å². The number of rotatable bonds is 12. The van der Waals surface area contributed by atoms with E-state index in [-0.39, 0.29) is 0 Å². The number of ether oxygens (including phenoxy) is 2. The van der Waals surface area contributed by atoms with Crippen LogP contribution in [0.1, 0.15) is 41.6 Å².